The van der Waals surface area contributed by atoms with Gasteiger partial charge in [-0.3, -0.25) is 14.5 Å². The van der Waals surface area contributed by atoms with Crippen molar-refractivity contribution in [3.63, 3.8) is 0 Å². The molecule has 0 radical (unpaired) electrons. The van der Waals surface area contributed by atoms with Crippen molar-refractivity contribution in [2.24, 2.45) is 0 Å². The summed E-state index contributed by atoms with van der Waals surface area (Å²) in [5.74, 6) is -0.277. The van der Waals surface area contributed by atoms with Gasteiger partial charge in [-0.05, 0) is 23.9 Å². The number of imide groups is 1. The summed E-state index contributed by atoms with van der Waals surface area (Å²) in [4.78, 5) is 24.9. The molecule has 1 aromatic rings. The fraction of sp³-hybridized carbons (Fsp3) is 0.0769. The van der Waals surface area contributed by atoms with Crippen LogP contribution in [0.1, 0.15) is 5.56 Å². The second-order valence-corrected chi connectivity index (χ2v) is 4.63. The van der Waals surface area contributed by atoms with Gasteiger partial charge in [0, 0.05) is 12.1 Å². The number of phenols is 1. The summed E-state index contributed by atoms with van der Waals surface area (Å²) in [7, 11) is 0. The molecule has 1 N–H and O–H groups in total. The van der Waals surface area contributed by atoms with Crippen LogP contribution in [0.15, 0.2) is 41.8 Å². The third-order valence-electron chi connectivity index (χ3n) is 2.41. The number of nitrogens with zero attached hydrogens (tertiary/aromatic N) is 1. The molecule has 0 bridgehead atoms. The fourth-order valence-corrected chi connectivity index (χ4v) is 2.38. The van der Waals surface area contributed by atoms with Gasteiger partial charge in [-0.2, -0.15) is 0 Å². The van der Waals surface area contributed by atoms with E-state index in [1.54, 1.807) is 18.2 Å². The monoisotopic (exact) mass is 261 g/mol. The van der Waals surface area contributed by atoms with E-state index >= 15 is 0 Å². The molecule has 1 heterocycles. The molecule has 1 aliphatic rings. The lowest BCUT2D eigenvalue weighted by molar-refractivity contribution is -0.122. The molecule has 92 valence electrons. The van der Waals surface area contributed by atoms with Crippen LogP contribution in [0.5, 0.6) is 5.75 Å². The molecule has 0 spiro atoms. The Bertz CT molecular complexity index is 551. The van der Waals surface area contributed by atoms with Crippen LogP contribution in [-0.2, 0) is 4.79 Å². The molecule has 0 aromatic heterocycles. The van der Waals surface area contributed by atoms with E-state index in [-0.39, 0.29) is 23.4 Å². The third kappa shape index (κ3) is 2.31. The predicted molar refractivity (Wildman–Crippen MR) is 71.0 cm³/mol. The zero-order valence-electron chi connectivity index (χ0n) is 9.50. The number of hydrogen-bond acceptors (Lipinski definition) is 4. The Labute approximate surface area is 109 Å². The van der Waals surface area contributed by atoms with Gasteiger partial charge < -0.3 is 5.11 Å². The van der Waals surface area contributed by atoms with Crippen LogP contribution in [0.4, 0.5) is 4.79 Å². The molecule has 0 saturated carbocycles. The Hall–Kier alpha value is -2.01. The van der Waals surface area contributed by atoms with Crippen LogP contribution in [0, 0.1) is 0 Å². The van der Waals surface area contributed by atoms with E-state index in [2.05, 4.69) is 6.58 Å². The highest BCUT2D eigenvalue weighted by molar-refractivity contribution is 8.18. The van der Waals surface area contributed by atoms with E-state index in [4.69, 9.17) is 0 Å². The Morgan fingerprint density at radius 3 is 2.72 bits per heavy atom. The van der Waals surface area contributed by atoms with Crippen molar-refractivity contribution in [1.82, 2.24) is 4.90 Å². The van der Waals surface area contributed by atoms with Gasteiger partial charge in [0.25, 0.3) is 11.1 Å². The third-order valence-corrected chi connectivity index (χ3v) is 3.32. The van der Waals surface area contributed by atoms with Gasteiger partial charge in [0.2, 0.25) is 0 Å². The first-order chi connectivity index (χ1) is 8.63. The minimum Gasteiger partial charge on any atom is -0.507 e. The highest BCUT2D eigenvalue weighted by Crippen LogP contribution is 2.33. The lowest BCUT2D eigenvalue weighted by atomic mass is 10.2. The summed E-state index contributed by atoms with van der Waals surface area (Å²) >= 11 is 0.865. The van der Waals surface area contributed by atoms with Crippen LogP contribution < -0.4 is 0 Å². The van der Waals surface area contributed by atoms with Crippen LogP contribution >= 0.6 is 11.8 Å². The van der Waals surface area contributed by atoms with Crippen molar-refractivity contribution >= 4 is 29.0 Å². The molecule has 1 fully saturated rings. The molecule has 0 aliphatic carbocycles. The Morgan fingerprint density at radius 2 is 2.06 bits per heavy atom. The van der Waals surface area contributed by atoms with E-state index in [1.165, 1.54) is 18.2 Å². The molecule has 1 saturated heterocycles. The predicted octanol–water partition coefficient (Wildman–Crippen LogP) is 2.61. The van der Waals surface area contributed by atoms with Crippen molar-refractivity contribution in [3.8, 4) is 5.75 Å². The van der Waals surface area contributed by atoms with E-state index in [1.807, 2.05) is 0 Å². The highest BCUT2D eigenvalue weighted by Gasteiger charge is 2.34. The topological polar surface area (TPSA) is 57.6 Å². The summed E-state index contributed by atoms with van der Waals surface area (Å²) in [6, 6.07) is 6.65. The van der Waals surface area contributed by atoms with Gasteiger partial charge >= 0.3 is 0 Å². The molecule has 5 heteroatoms. The Morgan fingerprint density at radius 1 is 1.33 bits per heavy atom. The van der Waals surface area contributed by atoms with Crippen LogP contribution in [0.25, 0.3) is 6.08 Å². The van der Waals surface area contributed by atoms with Gasteiger partial charge in [0.1, 0.15) is 5.75 Å². The second kappa shape index (κ2) is 5.10. The minimum atomic E-state index is -0.354. The molecule has 1 aromatic carbocycles. The van der Waals surface area contributed by atoms with Crippen molar-refractivity contribution in [2.75, 3.05) is 6.54 Å². The number of phenolic OH excluding ortho intramolecular Hbond substituents is 1. The zero-order valence-corrected chi connectivity index (χ0v) is 10.3. The summed E-state index contributed by atoms with van der Waals surface area (Å²) in [6.45, 7) is 3.70. The van der Waals surface area contributed by atoms with Crippen LogP contribution in [0.2, 0.25) is 0 Å². The van der Waals surface area contributed by atoms with E-state index < -0.39 is 0 Å². The largest absolute Gasteiger partial charge is 0.507 e. The molecule has 0 atom stereocenters. The molecule has 1 aliphatic heterocycles. The number of rotatable bonds is 3. The Kier molecular flexibility index (Phi) is 3.53. The van der Waals surface area contributed by atoms with Crippen molar-refractivity contribution in [2.45, 2.75) is 0 Å². The standard InChI is InChI=1S/C13H11NO3S/c1-2-7-14-12(16)11(18-13(14)17)8-9-5-3-4-6-10(9)15/h2-6,8,15H,1,7H2/b11-8-. The lowest BCUT2D eigenvalue weighted by Gasteiger charge is -2.07. The Balaban J connectivity index is 2.31. The van der Waals surface area contributed by atoms with Crippen molar-refractivity contribution < 1.29 is 14.7 Å². The average molecular weight is 261 g/mol. The molecular formula is C13H11NO3S. The van der Waals surface area contributed by atoms with Gasteiger partial charge in [-0.15, -0.1) is 6.58 Å². The first-order valence-electron chi connectivity index (χ1n) is 5.27. The first kappa shape index (κ1) is 12.4. The van der Waals surface area contributed by atoms with E-state index in [0.29, 0.717) is 10.5 Å². The summed E-state index contributed by atoms with van der Waals surface area (Å²) in [5, 5.41) is 9.29. The number of thioether (sulfide) groups is 1. The summed E-state index contributed by atoms with van der Waals surface area (Å²) in [5.41, 5.74) is 0.515. The second-order valence-electron chi connectivity index (χ2n) is 3.64. The van der Waals surface area contributed by atoms with Gasteiger partial charge in [-0.1, -0.05) is 24.3 Å². The van der Waals surface area contributed by atoms with Crippen molar-refractivity contribution in [1.29, 1.82) is 0 Å². The number of benzene rings is 1. The minimum absolute atomic E-state index is 0.0769. The van der Waals surface area contributed by atoms with Gasteiger partial charge in [0.15, 0.2) is 0 Å². The highest BCUT2D eigenvalue weighted by atomic mass is 32.2. The molecule has 2 amide bonds. The van der Waals surface area contributed by atoms with Crippen LogP contribution in [-0.4, -0.2) is 27.7 Å². The average Bonchev–Trinajstić information content (AvgIpc) is 2.60. The first-order valence-corrected chi connectivity index (χ1v) is 6.09. The zero-order chi connectivity index (χ0) is 13.1. The van der Waals surface area contributed by atoms with Gasteiger partial charge in [-0.25, -0.2) is 0 Å². The molecular weight excluding hydrogens is 250 g/mol. The summed E-state index contributed by atoms with van der Waals surface area (Å²) < 4.78 is 0. The lowest BCUT2D eigenvalue weighted by Crippen LogP contribution is -2.27. The maximum atomic E-state index is 11.9. The van der Waals surface area contributed by atoms with E-state index in [0.717, 1.165) is 16.7 Å². The molecule has 4 nitrogen and oxygen atoms in total. The molecule has 0 unspecified atom stereocenters. The maximum absolute atomic E-state index is 11.9. The normalized spacial score (nSPS) is 17.6. The number of para-hydroxylation sites is 1. The smallest absolute Gasteiger partial charge is 0.293 e. The SMILES string of the molecule is C=CCN1C(=O)S/C(=C\c2ccccc2O)C1=O. The number of aromatic hydroxyl groups is 1. The van der Waals surface area contributed by atoms with Gasteiger partial charge in [0.05, 0.1) is 4.91 Å². The van der Waals surface area contributed by atoms with Crippen LogP contribution in [0.3, 0.4) is 0 Å². The molecule has 2 rings (SSSR count). The number of carbonyl (C=O) groups excluding carboxylic acids is 2. The molecule has 18 heavy (non-hydrogen) atoms. The van der Waals surface area contributed by atoms with E-state index in [9.17, 15) is 14.7 Å². The quantitative estimate of drug-likeness (QED) is 0.671. The van der Waals surface area contributed by atoms with Crippen molar-refractivity contribution in [3.05, 3.63) is 47.4 Å². The summed E-state index contributed by atoms with van der Waals surface area (Å²) in [6.07, 6.45) is 3.02. The number of amides is 2. The number of hydrogen-bond donors (Lipinski definition) is 1. The number of carbonyl (C=O) groups is 2. The maximum Gasteiger partial charge on any atom is 0.293 e. The fourth-order valence-electron chi connectivity index (χ4n) is 1.54.